The van der Waals surface area contributed by atoms with Gasteiger partial charge in [-0.15, -0.1) is 0 Å². The van der Waals surface area contributed by atoms with Crippen molar-refractivity contribution in [2.75, 3.05) is 13.1 Å². The topological polar surface area (TPSA) is 51.9 Å². The lowest BCUT2D eigenvalue weighted by Crippen LogP contribution is -2.53. The average molecular weight is 353 g/mol. The standard InChI is InChI=1S/C21H23NO4/c23-20(15-3-1-4-15)22-10-8-21(9-11-22)25-14-17-13-16(6-7-19(17)26-21)18-5-2-12-24-18/h2,5-7,12-13,15H,1,3-4,8-11,14H2. The molecule has 5 heteroatoms. The van der Waals surface area contributed by atoms with Crippen LogP contribution in [0.25, 0.3) is 11.3 Å². The van der Waals surface area contributed by atoms with E-state index >= 15 is 0 Å². The predicted molar refractivity (Wildman–Crippen MR) is 95.4 cm³/mol. The van der Waals surface area contributed by atoms with Crippen LogP contribution in [-0.2, 0) is 16.1 Å². The number of rotatable bonds is 2. The van der Waals surface area contributed by atoms with Crippen molar-refractivity contribution in [1.29, 1.82) is 0 Å². The summed E-state index contributed by atoms with van der Waals surface area (Å²) < 4.78 is 17.9. The number of carbonyl (C=O) groups is 1. The molecule has 1 spiro atoms. The number of likely N-dealkylation sites (tertiary alicyclic amines) is 1. The zero-order valence-corrected chi connectivity index (χ0v) is 14.8. The van der Waals surface area contributed by atoms with Crippen LogP contribution in [-0.4, -0.2) is 29.7 Å². The molecule has 1 amide bonds. The minimum absolute atomic E-state index is 0.262. The number of hydrogen-bond acceptors (Lipinski definition) is 4. The van der Waals surface area contributed by atoms with Crippen molar-refractivity contribution < 1.29 is 18.7 Å². The normalized spacial score (nSPS) is 21.8. The maximum Gasteiger partial charge on any atom is 0.225 e. The Morgan fingerprint density at radius 1 is 1.15 bits per heavy atom. The summed E-state index contributed by atoms with van der Waals surface area (Å²) >= 11 is 0. The van der Waals surface area contributed by atoms with Gasteiger partial charge in [0.25, 0.3) is 0 Å². The zero-order valence-electron chi connectivity index (χ0n) is 14.8. The maximum absolute atomic E-state index is 12.4. The van der Waals surface area contributed by atoms with Crippen molar-refractivity contribution in [3.8, 4) is 17.1 Å². The van der Waals surface area contributed by atoms with Crippen molar-refractivity contribution in [3.63, 3.8) is 0 Å². The van der Waals surface area contributed by atoms with E-state index in [0.29, 0.717) is 12.5 Å². The molecule has 26 heavy (non-hydrogen) atoms. The molecule has 2 aromatic rings. The molecule has 2 aliphatic heterocycles. The number of fused-ring (bicyclic) bond motifs is 1. The minimum atomic E-state index is -0.588. The largest absolute Gasteiger partial charge is 0.464 e. The Kier molecular flexibility index (Phi) is 3.78. The first-order valence-corrected chi connectivity index (χ1v) is 9.51. The van der Waals surface area contributed by atoms with Crippen LogP contribution in [0.2, 0.25) is 0 Å². The van der Waals surface area contributed by atoms with E-state index in [-0.39, 0.29) is 5.92 Å². The van der Waals surface area contributed by atoms with Crippen LogP contribution in [0.5, 0.6) is 5.75 Å². The van der Waals surface area contributed by atoms with Crippen LogP contribution < -0.4 is 4.74 Å². The molecule has 5 nitrogen and oxygen atoms in total. The van der Waals surface area contributed by atoms with Crippen molar-refractivity contribution >= 4 is 5.91 Å². The van der Waals surface area contributed by atoms with E-state index in [2.05, 4.69) is 6.07 Å². The highest BCUT2D eigenvalue weighted by Crippen LogP contribution is 2.40. The fraction of sp³-hybridized carbons (Fsp3) is 0.476. The number of ether oxygens (including phenoxy) is 2. The van der Waals surface area contributed by atoms with Crippen molar-refractivity contribution in [1.82, 2.24) is 4.90 Å². The molecule has 0 radical (unpaired) electrons. The lowest BCUT2D eigenvalue weighted by molar-refractivity contribution is -0.228. The number of amides is 1. The zero-order chi connectivity index (χ0) is 17.6. The molecule has 1 aromatic heterocycles. The van der Waals surface area contributed by atoms with Gasteiger partial charge in [-0.2, -0.15) is 0 Å². The first-order valence-electron chi connectivity index (χ1n) is 9.51. The first-order chi connectivity index (χ1) is 12.7. The van der Waals surface area contributed by atoms with Crippen LogP contribution >= 0.6 is 0 Å². The number of benzene rings is 1. The van der Waals surface area contributed by atoms with Crippen LogP contribution in [0.4, 0.5) is 0 Å². The Labute approximate surface area is 152 Å². The van der Waals surface area contributed by atoms with Gasteiger partial charge in [0.2, 0.25) is 11.7 Å². The van der Waals surface area contributed by atoms with Gasteiger partial charge in [-0.05, 0) is 43.2 Å². The second-order valence-corrected chi connectivity index (χ2v) is 7.55. The molecule has 0 N–H and O–H groups in total. The van der Waals surface area contributed by atoms with Gasteiger partial charge in [0.1, 0.15) is 11.5 Å². The molecule has 2 fully saturated rings. The third kappa shape index (κ3) is 2.71. The summed E-state index contributed by atoms with van der Waals surface area (Å²) in [6, 6.07) is 9.92. The minimum Gasteiger partial charge on any atom is -0.464 e. The molecule has 1 saturated heterocycles. The first kappa shape index (κ1) is 15.9. The van der Waals surface area contributed by atoms with Crippen molar-refractivity contribution in [2.24, 2.45) is 5.92 Å². The van der Waals surface area contributed by atoms with Gasteiger partial charge < -0.3 is 18.8 Å². The third-order valence-electron chi connectivity index (χ3n) is 5.94. The van der Waals surface area contributed by atoms with Gasteiger partial charge >= 0.3 is 0 Å². The number of carbonyl (C=O) groups excluding carboxylic acids is 1. The Morgan fingerprint density at radius 3 is 2.69 bits per heavy atom. The summed E-state index contributed by atoms with van der Waals surface area (Å²) in [5.41, 5.74) is 2.07. The Balaban J connectivity index is 1.28. The highest BCUT2D eigenvalue weighted by molar-refractivity contribution is 5.79. The maximum atomic E-state index is 12.4. The smallest absolute Gasteiger partial charge is 0.225 e. The van der Waals surface area contributed by atoms with E-state index in [1.165, 1.54) is 6.42 Å². The second-order valence-electron chi connectivity index (χ2n) is 7.55. The predicted octanol–water partition coefficient (Wildman–Crippen LogP) is 3.97. The highest BCUT2D eigenvalue weighted by Gasteiger charge is 2.43. The number of piperidine rings is 1. The molecule has 1 aliphatic carbocycles. The third-order valence-corrected chi connectivity index (χ3v) is 5.94. The molecule has 136 valence electrons. The average Bonchev–Trinajstić information content (AvgIpc) is 3.15. The van der Waals surface area contributed by atoms with E-state index < -0.39 is 5.79 Å². The summed E-state index contributed by atoms with van der Waals surface area (Å²) in [6.45, 7) is 1.96. The molecular weight excluding hydrogens is 330 g/mol. The van der Waals surface area contributed by atoms with Gasteiger partial charge in [-0.25, -0.2) is 0 Å². The second kappa shape index (κ2) is 6.16. The van der Waals surface area contributed by atoms with E-state index in [1.807, 2.05) is 29.2 Å². The Bertz CT molecular complexity index is 801. The van der Waals surface area contributed by atoms with Crippen LogP contribution in [0.1, 0.15) is 37.7 Å². The Morgan fingerprint density at radius 2 is 2.00 bits per heavy atom. The van der Waals surface area contributed by atoms with Crippen LogP contribution in [0, 0.1) is 5.92 Å². The van der Waals surface area contributed by atoms with E-state index in [0.717, 1.165) is 61.4 Å². The lowest BCUT2D eigenvalue weighted by Gasteiger charge is -2.45. The number of furan rings is 1. The van der Waals surface area contributed by atoms with Gasteiger partial charge in [-0.3, -0.25) is 4.79 Å². The van der Waals surface area contributed by atoms with Crippen molar-refractivity contribution in [3.05, 3.63) is 42.2 Å². The SMILES string of the molecule is O=C(C1CCC1)N1CCC2(CC1)OCc1cc(-c3ccco3)ccc1O2. The molecule has 1 aromatic carbocycles. The summed E-state index contributed by atoms with van der Waals surface area (Å²) in [5.74, 6) is 1.72. The van der Waals surface area contributed by atoms with E-state index in [1.54, 1.807) is 6.26 Å². The molecular formula is C21H23NO4. The molecule has 3 aliphatic rings. The van der Waals surface area contributed by atoms with E-state index in [4.69, 9.17) is 13.9 Å². The molecule has 0 unspecified atom stereocenters. The molecule has 3 heterocycles. The van der Waals surface area contributed by atoms with Crippen LogP contribution in [0.3, 0.4) is 0 Å². The summed E-state index contributed by atoms with van der Waals surface area (Å²) in [4.78, 5) is 14.4. The molecule has 0 bridgehead atoms. The summed E-state index contributed by atoms with van der Waals surface area (Å²) in [5, 5.41) is 0. The fourth-order valence-corrected chi connectivity index (χ4v) is 4.05. The van der Waals surface area contributed by atoms with Gasteiger partial charge in [-0.1, -0.05) is 6.42 Å². The summed E-state index contributed by atoms with van der Waals surface area (Å²) in [7, 11) is 0. The quantitative estimate of drug-likeness (QED) is 0.820. The van der Waals surface area contributed by atoms with Gasteiger partial charge in [0.05, 0.1) is 12.9 Å². The molecule has 1 saturated carbocycles. The Hall–Kier alpha value is -2.27. The van der Waals surface area contributed by atoms with Gasteiger partial charge in [0.15, 0.2) is 0 Å². The molecule has 5 rings (SSSR count). The highest BCUT2D eigenvalue weighted by atomic mass is 16.7. The monoisotopic (exact) mass is 353 g/mol. The lowest BCUT2D eigenvalue weighted by atomic mass is 9.84. The van der Waals surface area contributed by atoms with Crippen molar-refractivity contribution in [2.45, 2.75) is 44.5 Å². The number of nitrogens with zero attached hydrogens (tertiary/aromatic N) is 1. The van der Waals surface area contributed by atoms with Crippen LogP contribution in [0.15, 0.2) is 41.0 Å². The van der Waals surface area contributed by atoms with E-state index in [9.17, 15) is 4.79 Å². The molecule has 0 atom stereocenters. The summed E-state index contributed by atoms with van der Waals surface area (Å²) in [6.07, 6.45) is 6.43. The van der Waals surface area contributed by atoms with Gasteiger partial charge in [0, 0.05) is 43.0 Å². The number of hydrogen-bond donors (Lipinski definition) is 0. The fourth-order valence-electron chi connectivity index (χ4n) is 4.05.